The van der Waals surface area contributed by atoms with Crippen molar-refractivity contribution in [2.75, 3.05) is 0 Å². The summed E-state index contributed by atoms with van der Waals surface area (Å²) in [7, 11) is -0.670. The molecule has 3 heteroatoms. The SMILES string of the molecule is FPC=S. The topological polar surface area (TPSA) is 0 Å². The van der Waals surface area contributed by atoms with E-state index in [2.05, 4.69) is 12.2 Å². The first-order chi connectivity index (χ1) is 1.91. The first kappa shape index (κ1) is 4.45. The zero-order valence-corrected chi connectivity index (χ0v) is 3.68. The predicted octanol–water partition coefficient (Wildman–Crippen LogP) is 1.51. The lowest BCUT2D eigenvalue weighted by Crippen LogP contribution is -1.22. The summed E-state index contributed by atoms with van der Waals surface area (Å²) in [6.07, 6.45) is 0. The van der Waals surface area contributed by atoms with Gasteiger partial charge in [0.1, 0.15) is 8.89 Å². The van der Waals surface area contributed by atoms with Gasteiger partial charge in [0.05, 0.1) is 0 Å². The summed E-state index contributed by atoms with van der Waals surface area (Å²) >= 11 is 4.07. The molecular formula is CH2FPS. The van der Waals surface area contributed by atoms with Gasteiger partial charge in [-0.05, 0) is 0 Å². The predicted molar refractivity (Wildman–Crippen MR) is 23.1 cm³/mol. The van der Waals surface area contributed by atoms with Crippen LogP contribution in [0.5, 0.6) is 0 Å². The smallest absolute Gasteiger partial charge is 0.102 e. The third-order valence-electron chi connectivity index (χ3n) is 0.0445. The Kier molecular flexibility index (Phi) is 3.84. The van der Waals surface area contributed by atoms with Crippen molar-refractivity contribution in [3.63, 3.8) is 0 Å². The van der Waals surface area contributed by atoms with E-state index in [0.717, 1.165) is 5.11 Å². The summed E-state index contributed by atoms with van der Waals surface area (Å²) in [6.45, 7) is 0. The van der Waals surface area contributed by atoms with Gasteiger partial charge in [0.25, 0.3) is 0 Å². The van der Waals surface area contributed by atoms with E-state index in [1.165, 1.54) is 0 Å². The normalized spacial score (nSPS) is 9.25. The van der Waals surface area contributed by atoms with Crippen molar-refractivity contribution < 1.29 is 4.20 Å². The van der Waals surface area contributed by atoms with Gasteiger partial charge in [0.2, 0.25) is 0 Å². The molecule has 0 aliphatic heterocycles. The van der Waals surface area contributed by atoms with Crippen LogP contribution in [0.1, 0.15) is 0 Å². The fourth-order valence-corrected chi connectivity index (χ4v) is 0. The lowest BCUT2D eigenvalue weighted by Gasteiger charge is -1.51. The molecule has 0 heterocycles. The Hall–Kier alpha value is 0.450. The average molecular weight is 96.1 g/mol. The number of thiocarbonyl (C=S) groups is 1. The zero-order chi connectivity index (χ0) is 3.41. The second-order valence-corrected chi connectivity index (χ2v) is 1.39. The molecule has 1 unspecified atom stereocenters. The highest BCUT2D eigenvalue weighted by atomic mass is 32.1. The van der Waals surface area contributed by atoms with Gasteiger partial charge in [0, 0.05) is 5.11 Å². The van der Waals surface area contributed by atoms with Crippen LogP contribution in [0, 0.1) is 0 Å². The quantitative estimate of drug-likeness (QED) is 0.352. The van der Waals surface area contributed by atoms with Crippen LogP contribution in [0.15, 0.2) is 0 Å². The second kappa shape index (κ2) is 3.45. The molecule has 1 atom stereocenters. The van der Waals surface area contributed by atoms with Gasteiger partial charge in [-0.1, -0.05) is 12.2 Å². The van der Waals surface area contributed by atoms with Gasteiger partial charge in [-0.2, -0.15) is 0 Å². The Morgan fingerprint density at radius 2 is 2.25 bits per heavy atom. The van der Waals surface area contributed by atoms with E-state index in [1.54, 1.807) is 0 Å². The van der Waals surface area contributed by atoms with E-state index < -0.39 is 8.89 Å². The van der Waals surface area contributed by atoms with Crippen LogP contribution in [0.2, 0.25) is 0 Å². The molecule has 0 fully saturated rings. The highest BCUT2D eigenvalue weighted by Crippen LogP contribution is 2.01. The van der Waals surface area contributed by atoms with E-state index in [-0.39, 0.29) is 0 Å². The van der Waals surface area contributed by atoms with Gasteiger partial charge < -0.3 is 0 Å². The van der Waals surface area contributed by atoms with Crippen LogP contribution in [0.3, 0.4) is 0 Å². The van der Waals surface area contributed by atoms with Crippen molar-refractivity contribution in [3.8, 4) is 0 Å². The van der Waals surface area contributed by atoms with E-state index >= 15 is 0 Å². The van der Waals surface area contributed by atoms with Crippen LogP contribution in [0.25, 0.3) is 0 Å². The molecule has 0 amide bonds. The lowest BCUT2D eigenvalue weighted by molar-refractivity contribution is 0.934. The monoisotopic (exact) mass is 96.0 g/mol. The fraction of sp³-hybridized carbons (Fsp3) is 0. The van der Waals surface area contributed by atoms with Gasteiger partial charge in [-0.25, -0.2) is 4.20 Å². The largest absolute Gasteiger partial charge is 0.225 e. The maximum absolute atomic E-state index is 10.6. The van der Waals surface area contributed by atoms with Gasteiger partial charge in [-0.15, -0.1) is 0 Å². The maximum Gasteiger partial charge on any atom is 0.102 e. The molecule has 0 spiro atoms. The summed E-state index contributed by atoms with van der Waals surface area (Å²) in [6, 6.07) is 0. The molecule has 0 radical (unpaired) electrons. The minimum absolute atomic E-state index is 0.670. The number of halogens is 1. The summed E-state index contributed by atoms with van der Waals surface area (Å²) in [5.41, 5.74) is 0. The molecule has 4 heavy (non-hydrogen) atoms. The van der Waals surface area contributed by atoms with Crippen molar-refractivity contribution in [2.45, 2.75) is 0 Å². The maximum atomic E-state index is 10.6. The van der Waals surface area contributed by atoms with Gasteiger partial charge in [0.15, 0.2) is 0 Å². The van der Waals surface area contributed by atoms with Gasteiger partial charge >= 0.3 is 0 Å². The minimum atomic E-state index is -0.670. The summed E-state index contributed by atoms with van der Waals surface area (Å²) in [4.78, 5) is 0. The molecule has 0 saturated heterocycles. The first-order valence-corrected chi connectivity index (χ1v) is 2.14. The molecule has 0 bridgehead atoms. The number of hydrogen-bond acceptors (Lipinski definition) is 1. The first-order valence-electron chi connectivity index (χ1n) is 0.713. The lowest BCUT2D eigenvalue weighted by atomic mass is 11.9. The molecule has 0 aromatic carbocycles. The highest BCUT2D eigenvalue weighted by Gasteiger charge is 1.52. The van der Waals surface area contributed by atoms with Crippen molar-refractivity contribution >= 4 is 26.2 Å². The molecule has 0 N–H and O–H groups in total. The Bertz CT molecular complexity index is 22.0. The molecule has 0 aromatic heterocycles. The average Bonchev–Trinajstić information content (AvgIpc) is 1.37. The van der Waals surface area contributed by atoms with Gasteiger partial charge in [-0.3, -0.25) is 0 Å². The van der Waals surface area contributed by atoms with Crippen molar-refractivity contribution in [1.29, 1.82) is 0 Å². The van der Waals surface area contributed by atoms with E-state index in [0.29, 0.717) is 0 Å². The standard InChI is InChI=1S/CH2FPS/c2-3-1-4/h1,3H. The van der Waals surface area contributed by atoms with Crippen LogP contribution in [-0.4, -0.2) is 5.11 Å². The highest BCUT2D eigenvalue weighted by molar-refractivity contribution is 7.89. The van der Waals surface area contributed by atoms with E-state index in [1.807, 2.05) is 0 Å². The fourth-order valence-electron chi connectivity index (χ4n) is 0. The number of rotatable bonds is 1. The zero-order valence-electron chi connectivity index (χ0n) is 1.86. The Morgan fingerprint density at radius 1 is 2.00 bits per heavy atom. The van der Waals surface area contributed by atoms with Crippen molar-refractivity contribution in [2.24, 2.45) is 0 Å². The molecule has 0 aliphatic rings. The molecule has 0 rings (SSSR count). The van der Waals surface area contributed by atoms with Crippen molar-refractivity contribution in [1.82, 2.24) is 0 Å². The van der Waals surface area contributed by atoms with Crippen molar-refractivity contribution in [3.05, 3.63) is 0 Å². The summed E-state index contributed by atoms with van der Waals surface area (Å²) in [5, 5.41) is 1.07. The summed E-state index contributed by atoms with van der Waals surface area (Å²) in [5.74, 6) is 0. The van der Waals surface area contributed by atoms with Crippen LogP contribution >= 0.6 is 21.1 Å². The third kappa shape index (κ3) is 2.45. The second-order valence-electron chi connectivity index (χ2n) is 0.227. The van der Waals surface area contributed by atoms with Crippen LogP contribution in [-0.2, 0) is 0 Å². The van der Waals surface area contributed by atoms with Crippen LogP contribution < -0.4 is 0 Å². The molecule has 0 saturated carbocycles. The molecule has 24 valence electrons. The Morgan fingerprint density at radius 3 is 2.25 bits per heavy atom. The molecular weight excluding hydrogens is 94.1 g/mol. The Labute approximate surface area is 31.3 Å². The van der Waals surface area contributed by atoms with Crippen LogP contribution in [0.4, 0.5) is 4.20 Å². The Balaban J connectivity index is 2.30. The molecule has 0 aliphatic carbocycles. The van der Waals surface area contributed by atoms with E-state index in [9.17, 15) is 4.20 Å². The third-order valence-corrected chi connectivity index (χ3v) is 0.401. The number of hydrogen-bond donors (Lipinski definition) is 0. The van der Waals surface area contributed by atoms with E-state index in [4.69, 9.17) is 0 Å². The summed E-state index contributed by atoms with van der Waals surface area (Å²) < 4.78 is 10.6. The minimum Gasteiger partial charge on any atom is -0.225 e. The molecule has 0 nitrogen and oxygen atoms in total. The molecule has 0 aromatic rings.